The van der Waals surface area contributed by atoms with Crippen molar-refractivity contribution in [3.05, 3.63) is 0 Å². The molecule has 0 fully saturated rings. The Bertz CT molecular complexity index is 71.2. The van der Waals surface area contributed by atoms with Crippen molar-refractivity contribution < 1.29 is 4.74 Å². The molecule has 0 aromatic carbocycles. The van der Waals surface area contributed by atoms with E-state index >= 15 is 0 Å². The van der Waals surface area contributed by atoms with Gasteiger partial charge < -0.3 is 10.5 Å². The molecule has 1 rings (SSSR count). The first kappa shape index (κ1) is 3.61. The lowest BCUT2D eigenvalue weighted by atomic mass is 10.6. The van der Waals surface area contributed by atoms with Crippen LogP contribution in [-0.2, 0) is 4.74 Å². The first-order chi connectivity index (χ1) is 2.89. The molecule has 3 nitrogen and oxygen atoms in total. The second-order valence-corrected chi connectivity index (χ2v) is 1.16. The van der Waals surface area contributed by atoms with E-state index in [0.717, 1.165) is 0 Å². The summed E-state index contributed by atoms with van der Waals surface area (Å²) in [4.78, 5) is 3.67. The summed E-state index contributed by atoms with van der Waals surface area (Å²) in [7, 11) is 0. The van der Waals surface area contributed by atoms with Crippen molar-refractivity contribution in [1.29, 1.82) is 0 Å². The molecule has 6 heavy (non-hydrogen) atoms. The molecule has 34 valence electrons. The Kier molecular flexibility index (Phi) is 0.759. The summed E-state index contributed by atoms with van der Waals surface area (Å²) in [5, 5.41) is 0. The maximum Gasteiger partial charge on any atom is 0.171 e. The number of nitrogens with two attached hydrogens (primary N) is 1. The van der Waals surface area contributed by atoms with Crippen molar-refractivity contribution in [3.8, 4) is 0 Å². The van der Waals surface area contributed by atoms with E-state index < -0.39 is 0 Å². The quantitative estimate of drug-likeness (QED) is 0.425. The first-order valence-electron chi connectivity index (χ1n) is 1.78. The van der Waals surface area contributed by atoms with Gasteiger partial charge in [0.15, 0.2) is 6.40 Å². The van der Waals surface area contributed by atoms with Gasteiger partial charge in [0.2, 0.25) is 0 Å². The molecule has 0 saturated carbocycles. The summed E-state index contributed by atoms with van der Waals surface area (Å²) >= 11 is 0. The van der Waals surface area contributed by atoms with Crippen LogP contribution >= 0.6 is 0 Å². The van der Waals surface area contributed by atoms with Crippen LogP contribution in [0.4, 0.5) is 0 Å². The van der Waals surface area contributed by atoms with E-state index in [1.54, 1.807) is 0 Å². The Hall–Kier alpha value is -0.570. The lowest BCUT2D eigenvalue weighted by molar-refractivity contribution is 0.330. The van der Waals surface area contributed by atoms with Crippen molar-refractivity contribution in [2.24, 2.45) is 10.7 Å². The number of aliphatic imine (C=N–C) groups is 1. The summed E-state index contributed by atoms with van der Waals surface area (Å²) in [5.74, 6) is 0. The SMILES string of the molecule is NC1COC=N1. The minimum Gasteiger partial charge on any atom is -0.480 e. The zero-order valence-electron chi connectivity index (χ0n) is 3.29. The second-order valence-electron chi connectivity index (χ2n) is 1.16. The number of hydrogen-bond acceptors (Lipinski definition) is 3. The smallest absolute Gasteiger partial charge is 0.171 e. The molecule has 0 saturated heterocycles. The third-order valence-corrected chi connectivity index (χ3v) is 0.594. The van der Waals surface area contributed by atoms with Crippen molar-refractivity contribution in [1.82, 2.24) is 0 Å². The van der Waals surface area contributed by atoms with Crippen LogP contribution in [0.2, 0.25) is 0 Å². The van der Waals surface area contributed by atoms with Gasteiger partial charge in [-0.3, -0.25) is 0 Å². The minimum absolute atomic E-state index is 0.106. The van der Waals surface area contributed by atoms with Gasteiger partial charge in [0, 0.05) is 0 Å². The van der Waals surface area contributed by atoms with Gasteiger partial charge in [-0.2, -0.15) is 0 Å². The van der Waals surface area contributed by atoms with Gasteiger partial charge in [-0.05, 0) is 0 Å². The Morgan fingerprint density at radius 2 is 2.83 bits per heavy atom. The molecule has 1 heterocycles. The molecule has 0 aliphatic carbocycles. The van der Waals surface area contributed by atoms with Crippen LogP contribution in [0.1, 0.15) is 0 Å². The highest BCUT2D eigenvalue weighted by Gasteiger charge is 2.01. The first-order valence-corrected chi connectivity index (χ1v) is 1.78. The predicted octanol–water partition coefficient (Wildman–Crippen LogP) is -0.670. The monoisotopic (exact) mass is 86.0 g/mol. The zero-order valence-corrected chi connectivity index (χ0v) is 3.29. The topological polar surface area (TPSA) is 47.6 Å². The number of hydrogen-bond donors (Lipinski definition) is 1. The van der Waals surface area contributed by atoms with Crippen LogP contribution in [0.3, 0.4) is 0 Å². The van der Waals surface area contributed by atoms with Crippen LogP contribution < -0.4 is 5.73 Å². The van der Waals surface area contributed by atoms with Gasteiger partial charge in [-0.15, -0.1) is 0 Å². The molecule has 0 spiro atoms. The van der Waals surface area contributed by atoms with E-state index in [9.17, 15) is 0 Å². The second kappa shape index (κ2) is 1.26. The summed E-state index contributed by atoms with van der Waals surface area (Å²) in [6.45, 7) is 0.542. The van der Waals surface area contributed by atoms with E-state index in [0.29, 0.717) is 6.61 Å². The summed E-state index contributed by atoms with van der Waals surface area (Å²) in [5.41, 5.74) is 5.21. The molecule has 2 N–H and O–H groups in total. The molecule has 0 radical (unpaired) electrons. The van der Waals surface area contributed by atoms with E-state index in [1.165, 1.54) is 6.40 Å². The van der Waals surface area contributed by atoms with E-state index in [1.807, 2.05) is 0 Å². The van der Waals surface area contributed by atoms with Crippen molar-refractivity contribution >= 4 is 6.40 Å². The van der Waals surface area contributed by atoms with Crippen LogP contribution in [0.5, 0.6) is 0 Å². The fraction of sp³-hybridized carbons (Fsp3) is 0.667. The predicted molar refractivity (Wildman–Crippen MR) is 22.4 cm³/mol. The Morgan fingerprint density at radius 1 is 2.00 bits per heavy atom. The molecule has 1 aliphatic heterocycles. The molecule has 0 aromatic rings. The lowest BCUT2D eigenvalue weighted by Crippen LogP contribution is -2.17. The maximum absolute atomic E-state index is 5.21. The molecule has 1 unspecified atom stereocenters. The summed E-state index contributed by atoms with van der Waals surface area (Å²) in [6, 6.07) is 0. The molecular weight excluding hydrogens is 80.0 g/mol. The Morgan fingerprint density at radius 3 is 3.00 bits per heavy atom. The lowest BCUT2D eigenvalue weighted by Gasteiger charge is -1.89. The fourth-order valence-electron chi connectivity index (χ4n) is 0.306. The normalized spacial score (nSPS) is 30.5. The zero-order chi connectivity index (χ0) is 4.41. The highest BCUT2D eigenvalue weighted by Crippen LogP contribution is 1.87. The summed E-state index contributed by atoms with van der Waals surface area (Å²) in [6.07, 6.45) is 1.27. The van der Waals surface area contributed by atoms with E-state index in [-0.39, 0.29) is 6.17 Å². The average Bonchev–Trinajstić information content (AvgIpc) is 1.86. The third-order valence-electron chi connectivity index (χ3n) is 0.594. The van der Waals surface area contributed by atoms with Gasteiger partial charge in [0.05, 0.1) is 0 Å². The van der Waals surface area contributed by atoms with E-state index in [2.05, 4.69) is 9.73 Å². The molecule has 1 aliphatic rings. The minimum atomic E-state index is -0.106. The van der Waals surface area contributed by atoms with E-state index in [4.69, 9.17) is 5.73 Å². The van der Waals surface area contributed by atoms with Crippen LogP contribution in [0.25, 0.3) is 0 Å². The highest BCUT2D eigenvalue weighted by atomic mass is 16.5. The third kappa shape index (κ3) is 0.490. The molecule has 1 atom stereocenters. The van der Waals surface area contributed by atoms with Crippen LogP contribution in [-0.4, -0.2) is 19.2 Å². The standard InChI is InChI=1S/C3H6N2O/c4-3-1-6-2-5-3/h2-3H,1,4H2. The van der Waals surface area contributed by atoms with Crippen LogP contribution in [0, 0.1) is 0 Å². The number of nitrogens with zero attached hydrogens (tertiary/aromatic N) is 1. The Balaban J connectivity index is 2.38. The molecular formula is C3H6N2O. The van der Waals surface area contributed by atoms with Gasteiger partial charge in [0.25, 0.3) is 0 Å². The van der Waals surface area contributed by atoms with Crippen LogP contribution in [0.15, 0.2) is 4.99 Å². The highest BCUT2D eigenvalue weighted by molar-refractivity contribution is 5.48. The average molecular weight is 86.1 g/mol. The van der Waals surface area contributed by atoms with Gasteiger partial charge in [0.1, 0.15) is 12.8 Å². The van der Waals surface area contributed by atoms with Crippen molar-refractivity contribution in [3.63, 3.8) is 0 Å². The molecule has 0 amide bonds. The van der Waals surface area contributed by atoms with Crippen molar-refractivity contribution in [2.45, 2.75) is 6.17 Å². The van der Waals surface area contributed by atoms with Gasteiger partial charge in [-0.25, -0.2) is 4.99 Å². The number of rotatable bonds is 0. The fourth-order valence-corrected chi connectivity index (χ4v) is 0.306. The van der Waals surface area contributed by atoms with Crippen molar-refractivity contribution in [2.75, 3.05) is 6.61 Å². The Labute approximate surface area is 35.8 Å². The molecule has 3 heteroatoms. The largest absolute Gasteiger partial charge is 0.480 e. The number of ether oxygens (including phenoxy) is 1. The maximum atomic E-state index is 5.21. The summed E-state index contributed by atoms with van der Waals surface area (Å²) < 4.78 is 4.64. The molecule has 0 bridgehead atoms. The van der Waals surface area contributed by atoms with Gasteiger partial charge in [-0.1, -0.05) is 0 Å². The molecule has 0 aromatic heterocycles. The van der Waals surface area contributed by atoms with Gasteiger partial charge >= 0.3 is 0 Å².